The number of likely N-dealkylation sites (tertiary alicyclic amines) is 1. The number of nitrogens with zero attached hydrogens (tertiary/aromatic N) is 1. The second kappa shape index (κ2) is 6.95. The summed E-state index contributed by atoms with van der Waals surface area (Å²) < 4.78 is 23.1. The van der Waals surface area contributed by atoms with Crippen molar-refractivity contribution >= 4 is 33.0 Å². The number of hydrogen-bond acceptors (Lipinski definition) is 5. The number of hydrogen-bond donors (Lipinski definition) is 2. The number of halogens is 1. The lowest BCUT2D eigenvalue weighted by atomic mass is 10.1. The van der Waals surface area contributed by atoms with Crippen LogP contribution in [0.5, 0.6) is 0 Å². The molecule has 1 saturated heterocycles. The van der Waals surface area contributed by atoms with E-state index in [4.69, 9.17) is 17.3 Å². The maximum Gasteiger partial charge on any atom is 0.238 e. The molecule has 1 aromatic rings. The van der Waals surface area contributed by atoms with Crippen LogP contribution in [0.3, 0.4) is 0 Å². The topological polar surface area (TPSA) is 92.5 Å². The number of rotatable bonds is 4. The molecule has 8 heteroatoms. The summed E-state index contributed by atoms with van der Waals surface area (Å²) in [5.41, 5.74) is 6.14. The number of nitrogens with one attached hydrogen (secondary N) is 1. The van der Waals surface area contributed by atoms with Crippen LogP contribution < -0.4 is 11.1 Å². The summed E-state index contributed by atoms with van der Waals surface area (Å²) in [6.07, 6.45) is 2.86. The standard InChI is InChI=1S/C14H20ClN3O3S/c1-22(20,21)11-2-3-12(15)13(8-11)17-14(19)9-18-6-4-10(16)5-7-18/h2-3,8,10H,4-7,9,16H2,1H3,(H,17,19). The summed E-state index contributed by atoms with van der Waals surface area (Å²) in [6.45, 7) is 1.81. The smallest absolute Gasteiger partial charge is 0.238 e. The summed E-state index contributed by atoms with van der Waals surface area (Å²) in [5, 5.41) is 2.98. The van der Waals surface area contributed by atoms with Crippen LogP contribution >= 0.6 is 11.6 Å². The van der Waals surface area contributed by atoms with Gasteiger partial charge in [0.25, 0.3) is 0 Å². The molecule has 0 unspecified atom stereocenters. The lowest BCUT2D eigenvalue weighted by Gasteiger charge is -2.29. The fourth-order valence-corrected chi connectivity index (χ4v) is 3.15. The lowest BCUT2D eigenvalue weighted by Crippen LogP contribution is -2.43. The molecule has 2 rings (SSSR count). The molecule has 0 aromatic heterocycles. The van der Waals surface area contributed by atoms with E-state index in [0.717, 1.165) is 32.2 Å². The van der Waals surface area contributed by atoms with E-state index in [9.17, 15) is 13.2 Å². The summed E-state index contributed by atoms with van der Waals surface area (Å²) in [5.74, 6) is -0.219. The molecule has 0 bridgehead atoms. The third kappa shape index (κ3) is 4.67. The number of amides is 1. The normalized spacial score (nSPS) is 17.4. The van der Waals surface area contributed by atoms with E-state index in [1.807, 2.05) is 4.90 Å². The van der Waals surface area contributed by atoms with Gasteiger partial charge in [-0.1, -0.05) is 11.6 Å². The van der Waals surface area contributed by atoms with Crippen molar-refractivity contribution in [2.75, 3.05) is 31.2 Å². The van der Waals surface area contributed by atoms with E-state index in [2.05, 4.69) is 5.32 Å². The van der Waals surface area contributed by atoms with Gasteiger partial charge in [-0.05, 0) is 31.0 Å². The molecule has 0 aliphatic carbocycles. The Morgan fingerprint density at radius 2 is 2.05 bits per heavy atom. The van der Waals surface area contributed by atoms with Crippen LogP contribution in [0.1, 0.15) is 12.8 Å². The van der Waals surface area contributed by atoms with Gasteiger partial charge in [0, 0.05) is 25.4 Å². The lowest BCUT2D eigenvalue weighted by molar-refractivity contribution is -0.117. The molecule has 6 nitrogen and oxygen atoms in total. The molecule has 3 N–H and O–H groups in total. The second-order valence-corrected chi connectivity index (χ2v) is 8.00. The number of anilines is 1. The number of piperidine rings is 1. The minimum Gasteiger partial charge on any atom is -0.328 e. The Balaban J connectivity index is 2.02. The number of benzene rings is 1. The molecule has 0 saturated carbocycles. The molecule has 0 spiro atoms. The predicted molar refractivity (Wildman–Crippen MR) is 86.8 cm³/mol. The molecule has 1 aromatic carbocycles. The molecule has 0 radical (unpaired) electrons. The van der Waals surface area contributed by atoms with Gasteiger partial charge in [-0.2, -0.15) is 0 Å². The van der Waals surface area contributed by atoms with E-state index >= 15 is 0 Å². The van der Waals surface area contributed by atoms with Gasteiger partial charge < -0.3 is 11.1 Å². The first-order chi connectivity index (χ1) is 10.3. The second-order valence-electron chi connectivity index (χ2n) is 5.58. The first-order valence-corrected chi connectivity index (χ1v) is 9.30. The average molecular weight is 346 g/mol. The van der Waals surface area contributed by atoms with Gasteiger partial charge in [0.2, 0.25) is 5.91 Å². The Bertz CT molecular complexity index is 655. The Morgan fingerprint density at radius 3 is 2.64 bits per heavy atom. The predicted octanol–water partition coefficient (Wildman–Crippen LogP) is 1.11. The first-order valence-electron chi connectivity index (χ1n) is 7.03. The first kappa shape index (κ1) is 17.2. The molecule has 1 heterocycles. The number of nitrogens with two attached hydrogens (primary N) is 1. The van der Waals surface area contributed by atoms with Crippen molar-refractivity contribution in [2.24, 2.45) is 5.73 Å². The van der Waals surface area contributed by atoms with E-state index in [1.54, 1.807) is 0 Å². The molecule has 1 aliphatic heterocycles. The van der Waals surface area contributed by atoms with Crippen molar-refractivity contribution in [1.29, 1.82) is 0 Å². The maximum absolute atomic E-state index is 12.1. The number of sulfone groups is 1. The van der Waals surface area contributed by atoms with Gasteiger partial charge in [-0.25, -0.2) is 8.42 Å². The Labute approximate surface area is 135 Å². The molecule has 0 atom stereocenters. The zero-order valence-electron chi connectivity index (χ0n) is 12.4. The van der Waals surface area contributed by atoms with Gasteiger partial charge in [-0.15, -0.1) is 0 Å². The van der Waals surface area contributed by atoms with Crippen LogP contribution in [-0.2, 0) is 14.6 Å². The highest BCUT2D eigenvalue weighted by atomic mass is 35.5. The van der Waals surface area contributed by atoms with Crippen molar-refractivity contribution in [3.8, 4) is 0 Å². The van der Waals surface area contributed by atoms with Crippen molar-refractivity contribution in [3.63, 3.8) is 0 Å². The molecule has 122 valence electrons. The van der Waals surface area contributed by atoms with Crippen LogP contribution in [0.2, 0.25) is 5.02 Å². The molecular weight excluding hydrogens is 326 g/mol. The highest BCUT2D eigenvalue weighted by molar-refractivity contribution is 7.90. The highest BCUT2D eigenvalue weighted by Gasteiger charge is 2.19. The maximum atomic E-state index is 12.1. The summed E-state index contributed by atoms with van der Waals surface area (Å²) in [6, 6.07) is 4.47. The quantitative estimate of drug-likeness (QED) is 0.852. The fourth-order valence-electron chi connectivity index (χ4n) is 2.33. The van der Waals surface area contributed by atoms with E-state index < -0.39 is 9.84 Å². The Morgan fingerprint density at radius 1 is 1.41 bits per heavy atom. The summed E-state index contributed by atoms with van der Waals surface area (Å²) >= 11 is 6.01. The SMILES string of the molecule is CS(=O)(=O)c1ccc(Cl)c(NC(=O)CN2CCC(N)CC2)c1. The van der Waals surface area contributed by atoms with Crippen LogP contribution in [0.4, 0.5) is 5.69 Å². The van der Waals surface area contributed by atoms with Crippen molar-refractivity contribution in [2.45, 2.75) is 23.8 Å². The summed E-state index contributed by atoms with van der Waals surface area (Å²) in [7, 11) is -3.35. The van der Waals surface area contributed by atoms with Crippen molar-refractivity contribution in [1.82, 2.24) is 4.90 Å². The third-order valence-corrected chi connectivity index (χ3v) is 5.08. The zero-order chi connectivity index (χ0) is 16.3. The fraction of sp³-hybridized carbons (Fsp3) is 0.500. The summed E-state index contributed by atoms with van der Waals surface area (Å²) in [4.78, 5) is 14.2. The van der Waals surface area contributed by atoms with Gasteiger partial charge in [0.15, 0.2) is 9.84 Å². The largest absolute Gasteiger partial charge is 0.328 e. The Kier molecular flexibility index (Phi) is 5.44. The van der Waals surface area contributed by atoms with Crippen molar-refractivity contribution < 1.29 is 13.2 Å². The number of carbonyl (C=O) groups excluding carboxylic acids is 1. The highest BCUT2D eigenvalue weighted by Crippen LogP contribution is 2.25. The van der Waals surface area contributed by atoms with Crippen LogP contribution in [0.15, 0.2) is 23.1 Å². The van der Waals surface area contributed by atoms with Crippen LogP contribution in [-0.4, -0.2) is 51.2 Å². The molecule has 1 fully saturated rings. The van der Waals surface area contributed by atoms with Gasteiger partial charge >= 0.3 is 0 Å². The van der Waals surface area contributed by atoms with Gasteiger partial charge in [0.05, 0.1) is 22.2 Å². The third-order valence-electron chi connectivity index (χ3n) is 3.64. The van der Waals surface area contributed by atoms with Gasteiger partial charge in [-0.3, -0.25) is 9.69 Å². The number of carbonyl (C=O) groups is 1. The monoisotopic (exact) mass is 345 g/mol. The molecule has 1 aliphatic rings. The van der Waals surface area contributed by atoms with Crippen LogP contribution in [0.25, 0.3) is 0 Å². The Hall–Kier alpha value is -1.15. The minimum atomic E-state index is -3.35. The average Bonchev–Trinajstić information content (AvgIpc) is 2.42. The van der Waals surface area contributed by atoms with E-state index in [0.29, 0.717) is 10.7 Å². The molecule has 1 amide bonds. The zero-order valence-corrected chi connectivity index (χ0v) is 14.0. The van der Waals surface area contributed by atoms with Gasteiger partial charge in [0.1, 0.15) is 0 Å². The molecule has 22 heavy (non-hydrogen) atoms. The van der Waals surface area contributed by atoms with E-state index in [-0.39, 0.29) is 23.4 Å². The van der Waals surface area contributed by atoms with E-state index in [1.165, 1.54) is 18.2 Å². The minimum absolute atomic E-state index is 0.121. The van der Waals surface area contributed by atoms with Crippen LogP contribution in [0, 0.1) is 0 Å². The van der Waals surface area contributed by atoms with Crippen molar-refractivity contribution in [3.05, 3.63) is 23.2 Å². The molecular formula is C14H20ClN3O3S.